The Balaban J connectivity index is 2.68. The van der Waals surface area contributed by atoms with Gasteiger partial charge in [-0.15, -0.1) is 0 Å². The molecule has 0 bridgehead atoms. The molecule has 0 radical (unpaired) electrons. The molecule has 1 aromatic rings. The Morgan fingerprint density at radius 2 is 1.69 bits per heavy atom. The van der Waals surface area contributed by atoms with E-state index in [-0.39, 0.29) is 0 Å². The first-order valence-corrected chi connectivity index (χ1v) is 6.59. The van der Waals surface area contributed by atoms with Gasteiger partial charge in [0.25, 0.3) is 0 Å². The summed E-state index contributed by atoms with van der Waals surface area (Å²) in [6.07, 6.45) is 2.34. The highest BCUT2D eigenvalue weighted by molar-refractivity contribution is 6.35. The number of rotatable bonds is 6. The fraction of sp³-hybridized carbons (Fsp3) is 0.538. The topological polar surface area (TPSA) is 3.24 Å². The average molecular weight is 260 g/mol. The highest BCUT2D eigenvalue weighted by atomic mass is 35.5. The van der Waals surface area contributed by atoms with Crippen molar-refractivity contribution < 1.29 is 0 Å². The largest absolute Gasteiger partial charge is 0.299 e. The number of hydrogen-bond acceptors (Lipinski definition) is 1. The zero-order valence-corrected chi connectivity index (χ0v) is 11.5. The van der Waals surface area contributed by atoms with Crippen LogP contribution in [0.1, 0.15) is 32.3 Å². The molecule has 0 saturated heterocycles. The molecule has 3 heteroatoms. The second kappa shape index (κ2) is 7.16. The summed E-state index contributed by atoms with van der Waals surface area (Å²) in [5, 5.41) is 1.47. The summed E-state index contributed by atoms with van der Waals surface area (Å²) in [7, 11) is 0. The molecule has 90 valence electrons. The first kappa shape index (κ1) is 13.8. The monoisotopic (exact) mass is 259 g/mol. The fourth-order valence-electron chi connectivity index (χ4n) is 1.79. The summed E-state index contributed by atoms with van der Waals surface area (Å²) in [6.45, 7) is 7.55. The van der Waals surface area contributed by atoms with Crippen molar-refractivity contribution >= 4 is 23.2 Å². The normalized spacial score (nSPS) is 11.1. The number of nitrogens with zero attached hydrogens (tertiary/aromatic N) is 1. The van der Waals surface area contributed by atoms with Gasteiger partial charge in [-0.25, -0.2) is 0 Å². The molecule has 16 heavy (non-hydrogen) atoms. The molecule has 0 aromatic heterocycles. The van der Waals surface area contributed by atoms with Crippen LogP contribution in [0, 0.1) is 0 Å². The molecule has 0 heterocycles. The molecule has 1 nitrogen and oxygen atoms in total. The van der Waals surface area contributed by atoms with Crippen molar-refractivity contribution in [2.75, 3.05) is 13.1 Å². The SMILES string of the molecule is CCCN(CCC)Cc1ccc(Cl)cc1Cl. The number of benzene rings is 1. The van der Waals surface area contributed by atoms with Crippen LogP contribution < -0.4 is 0 Å². The standard InChI is InChI=1S/C13H19Cl2N/c1-3-7-16(8-4-2)10-11-5-6-12(14)9-13(11)15/h5-6,9H,3-4,7-8,10H2,1-2H3. The molecular formula is C13H19Cl2N. The highest BCUT2D eigenvalue weighted by Crippen LogP contribution is 2.22. The van der Waals surface area contributed by atoms with E-state index in [9.17, 15) is 0 Å². The predicted octanol–water partition coefficient (Wildman–Crippen LogP) is 4.62. The molecule has 0 unspecified atom stereocenters. The van der Waals surface area contributed by atoms with E-state index in [4.69, 9.17) is 23.2 Å². The van der Waals surface area contributed by atoms with Gasteiger partial charge in [0, 0.05) is 16.6 Å². The van der Waals surface area contributed by atoms with E-state index in [2.05, 4.69) is 18.7 Å². The summed E-state index contributed by atoms with van der Waals surface area (Å²) in [5.74, 6) is 0. The van der Waals surface area contributed by atoms with Crippen molar-refractivity contribution in [1.29, 1.82) is 0 Å². The van der Waals surface area contributed by atoms with Crippen LogP contribution in [0.4, 0.5) is 0 Å². The zero-order chi connectivity index (χ0) is 12.0. The lowest BCUT2D eigenvalue weighted by Gasteiger charge is -2.21. The van der Waals surface area contributed by atoms with Crippen LogP contribution in [-0.4, -0.2) is 18.0 Å². The molecule has 0 atom stereocenters. The van der Waals surface area contributed by atoms with E-state index < -0.39 is 0 Å². The van der Waals surface area contributed by atoms with Crippen molar-refractivity contribution in [2.24, 2.45) is 0 Å². The van der Waals surface area contributed by atoms with Gasteiger partial charge in [-0.3, -0.25) is 4.90 Å². The maximum absolute atomic E-state index is 6.16. The van der Waals surface area contributed by atoms with Gasteiger partial charge in [0.2, 0.25) is 0 Å². The van der Waals surface area contributed by atoms with Crippen LogP contribution in [0.25, 0.3) is 0 Å². The molecule has 0 saturated carbocycles. The van der Waals surface area contributed by atoms with E-state index in [1.54, 1.807) is 0 Å². The lowest BCUT2D eigenvalue weighted by Crippen LogP contribution is -2.25. The Kier molecular flexibility index (Phi) is 6.18. The lowest BCUT2D eigenvalue weighted by atomic mass is 10.2. The minimum absolute atomic E-state index is 0.700. The maximum Gasteiger partial charge on any atom is 0.0465 e. The minimum atomic E-state index is 0.700. The Labute approximate surface area is 108 Å². The fourth-order valence-corrected chi connectivity index (χ4v) is 2.26. The molecule has 0 fully saturated rings. The molecule has 0 N–H and O–H groups in total. The van der Waals surface area contributed by atoms with Gasteiger partial charge in [0.15, 0.2) is 0 Å². The average Bonchev–Trinajstić information content (AvgIpc) is 2.23. The first-order chi connectivity index (χ1) is 7.67. The Morgan fingerprint density at radius 3 is 2.19 bits per heavy atom. The van der Waals surface area contributed by atoms with Crippen LogP contribution >= 0.6 is 23.2 Å². The first-order valence-electron chi connectivity index (χ1n) is 5.83. The Bertz CT molecular complexity index is 320. The van der Waals surface area contributed by atoms with Crippen molar-refractivity contribution in [3.05, 3.63) is 33.8 Å². The van der Waals surface area contributed by atoms with Gasteiger partial charge in [0.1, 0.15) is 0 Å². The predicted molar refractivity (Wildman–Crippen MR) is 72.3 cm³/mol. The minimum Gasteiger partial charge on any atom is -0.299 e. The van der Waals surface area contributed by atoms with E-state index in [0.29, 0.717) is 5.02 Å². The van der Waals surface area contributed by atoms with Crippen LogP contribution in [0.15, 0.2) is 18.2 Å². The molecule has 0 aliphatic carbocycles. The summed E-state index contributed by atoms with van der Waals surface area (Å²) in [5.41, 5.74) is 1.16. The number of hydrogen-bond donors (Lipinski definition) is 0. The van der Waals surface area contributed by atoms with Gasteiger partial charge in [0.05, 0.1) is 0 Å². The van der Waals surface area contributed by atoms with Crippen molar-refractivity contribution in [3.8, 4) is 0 Å². The van der Waals surface area contributed by atoms with Crippen LogP contribution in [0.2, 0.25) is 10.0 Å². The molecule has 0 amide bonds. The molecular weight excluding hydrogens is 241 g/mol. The summed E-state index contributed by atoms with van der Waals surface area (Å²) in [6, 6.07) is 5.73. The lowest BCUT2D eigenvalue weighted by molar-refractivity contribution is 0.266. The number of halogens is 2. The second-order valence-corrected chi connectivity index (χ2v) is 4.86. The van der Waals surface area contributed by atoms with E-state index in [1.165, 1.54) is 12.8 Å². The summed E-state index contributed by atoms with van der Waals surface area (Å²) >= 11 is 12.0. The summed E-state index contributed by atoms with van der Waals surface area (Å²) in [4.78, 5) is 2.43. The second-order valence-electron chi connectivity index (χ2n) is 4.01. The smallest absolute Gasteiger partial charge is 0.0465 e. The third-order valence-corrected chi connectivity index (χ3v) is 3.08. The third kappa shape index (κ3) is 4.32. The zero-order valence-electron chi connectivity index (χ0n) is 9.97. The molecule has 1 rings (SSSR count). The molecule has 1 aromatic carbocycles. The van der Waals surface area contributed by atoms with Crippen molar-refractivity contribution in [1.82, 2.24) is 4.90 Å². The Hall–Kier alpha value is -0.240. The molecule has 0 spiro atoms. The molecule has 0 aliphatic rings. The van der Waals surface area contributed by atoms with E-state index in [1.807, 2.05) is 18.2 Å². The van der Waals surface area contributed by atoms with Crippen molar-refractivity contribution in [3.63, 3.8) is 0 Å². The van der Waals surface area contributed by atoms with Gasteiger partial charge in [-0.1, -0.05) is 43.1 Å². The van der Waals surface area contributed by atoms with E-state index >= 15 is 0 Å². The Morgan fingerprint density at radius 1 is 1.06 bits per heavy atom. The van der Waals surface area contributed by atoms with Gasteiger partial charge < -0.3 is 0 Å². The van der Waals surface area contributed by atoms with Gasteiger partial charge >= 0.3 is 0 Å². The summed E-state index contributed by atoms with van der Waals surface area (Å²) < 4.78 is 0. The van der Waals surface area contributed by atoms with Gasteiger partial charge in [-0.2, -0.15) is 0 Å². The maximum atomic E-state index is 6.16. The van der Waals surface area contributed by atoms with Crippen LogP contribution in [0.5, 0.6) is 0 Å². The third-order valence-electron chi connectivity index (χ3n) is 2.49. The van der Waals surface area contributed by atoms with Crippen LogP contribution in [0.3, 0.4) is 0 Å². The quantitative estimate of drug-likeness (QED) is 0.721. The molecule has 0 aliphatic heterocycles. The highest BCUT2D eigenvalue weighted by Gasteiger charge is 2.07. The van der Waals surface area contributed by atoms with Crippen molar-refractivity contribution in [2.45, 2.75) is 33.2 Å². The van der Waals surface area contributed by atoms with Gasteiger partial charge in [-0.05, 0) is 43.6 Å². The van der Waals surface area contributed by atoms with Crippen LogP contribution in [-0.2, 0) is 6.54 Å². The van der Waals surface area contributed by atoms with E-state index in [0.717, 1.165) is 30.2 Å².